The van der Waals surface area contributed by atoms with Crippen molar-refractivity contribution in [3.8, 4) is 0 Å². The Bertz CT molecular complexity index is 399. The van der Waals surface area contributed by atoms with Gasteiger partial charge in [0.25, 0.3) is 0 Å². The number of nitrogens with one attached hydrogen (secondary N) is 2. The SMILES string of the molecule is CC(C)(C)NC(=O)Nc1cc(Cl)ccc1N. The zero-order valence-corrected chi connectivity index (χ0v) is 10.4. The molecule has 0 aromatic heterocycles. The molecule has 0 heterocycles. The Kier molecular flexibility index (Phi) is 3.65. The average Bonchev–Trinajstić information content (AvgIpc) is 2.08. The van der Waals surface area contributed by atoms with Crippen LogP contribution in [0.15, 0.2) is 18.2 Å². The molecule has 0 aliphatic heterocycles. The molecular weight excluding hydrogens is 226 g/mol. The van der Waals surface area contributed by atoms with Crippen molar-refractivity contribution in [1.29, 1.82) is 0 Å². The van der Waals surface area contributed by atoms with Gasteiger partial charge in [-0.3, -0.25) is 0 Å². The van der Waals surface area contributed by atoms with Crippen molar-refractivity contribution in [3.63, 3.8) is 0 Å². The van der Waals surface area contributed by atoms with Crippen molar-refractivity contribution in [3.05, 3.63) is 23.2 Å². The molecule has 16 heavy (non-hydrogen) atoms. The van der Waals surface area contributed by atoms with Crippen LogP contribution in [0, 0.1) is 0 Å². The van der Waals surface area contributed by atoms with Crippen molar-refractivity contribution in [2.75, 3.05) is 11.1 Å². The van der Waals surface area contributed by atoms with E-state index in [0.29, 0.717) is 16.4 Å². The molecule has 0 radical (unpaired) electrons. The summed E-state index contributed by atoms with van der Waals surface area (Å²) in [6.07, 6.45) is 0. The van der Waals surface area contributed by atoms with Gasteiger partial charge in [-0.2, -0.15) is 0 Å². The summed E-state index contributed by atoms with van der Waals surface area (Å²) < 4.78 is 0. The predicted octanol–water partition coefficient (Wildman–Crippen LogP) is 2.84. The fourth-order valence-electron chi connectivity index (χ4n) is 1.13. The summed E-state index contributed by atoms with van der Waals surface area (Å²) in [4.78, 5) is 11.6. The maximum absolute atomic E-state index is 11.6. The lowest BCUT2D eigenvalue weighted by Gasteiger charge is -2.21. The monoisotopic (exact) mass is 241 g/mol. The van der Waals surface area contributed by atoms with Crippen LogP contribution in [0.1, 0.15) is 20.8 Å². The van der Waals surface area contributed by atoms with Crippen LogP contribution in [0.5, 0.6) is 0 Å². The molecule has 0 fully saturated rings. The van der Waals surface area contributed by atoms with E-state index < -0.39 is 0 Å². The first kappa shape index (κ1) is 12.6. The second-order valence-corrected chi connectivity index (χ2v) is 5.00. The number of nitrogen functional groups attached to an aromatic ring is 1. The number of hydrogen-bond donors (Lipinski definition) is 3. The molecule has 1 rings (SSSR count). The van der Waals surface area contributed by atoms with E-state index in [1.54, 1.807) is 18.2 Å². The van der Waals surface area contributed by atoms with Crippen LogP contribution in [0.25, 0.3) is 0 Å². The summed E-state index contributed by atoms with van der Waals surface area (Å²) in [6, 6.07) is 4.62. The van der Waals surface area contributed by atoms with Gasteiger partial charge in [-0.1, -0.05) is 11.6 Å². The van der Waals surface area contributed by atoms with E-state index >= 15 is 0 Å². The maximum Gasteiger partial charge on any atom is 0.319 e. The van der Waals surface area contributed by atoms with Crippen LogP contribution >= 0.6 is 11.6 Å². The normalized spacial score (nSPS) is 11.0. The van der Waals surface area contributed by atoms with E-state index in [1.807, 2.05) is 20.8 Å². The molecule has 0 spiro atoms. The van der Waals surface area contributed by atoms with Crippen molar-refractivity contribution < 1.29 is 4.79 Å². The summed E-state index contributed by atoms with van der Waals surface area (Å²) in [7, 11) is 0. The van der Waals surface area contributed by atoms with Gasteiger partial charge in [0.1, 0.15) is 0 Å². The molecule has 0 unspecified atom stereocenters. The summed E-state index contributed by atoms with van der Waals surface area (Å²) in [6.45, 7) is 5.69. The number of rotatable bonds is 1. The van der Waals surface area contributed by atoms with Gasteiger partial charge < -0.3 is 16.4 Å². The number of nitrogens with two attached hydrogens (primary N) is 1. The Balaban J connectivity index is 2.73. The fraction of sp³-hybridized carbons (Fsp3) is 0.364. The average molecular weight is 242 g/mol. The van der Waals surface area contributed by atoms with E-state index in [1.165, 1.54) is 0 Å². The number of anilines is 2. The molecule has 0 aliphatic rings. The number of benzene rings is 1. The van der Waals surface area contributed by atoms with Crippen molar-refractivity contribution >= 4 is 29.0 Å². The van der Waals surface area contributed by atoms with Gasteiger partial charge in [-0.15, -0.1) is 0 Å². The van der Waals surface area contributed by atoms with Gasteiger partial charge in [0.05, 0.1) is 11.4 Å². The lowest BCUT2D eigenvalue weighted by atomic mass is 10.1. The van der Waals surface area contributed by atoms with E-state index in [9.17, 15) is 4.79 Å². The summed E-state index contributed by atoms with van der Waals surface area (Å²) in [5, 5.41) is 5.94. The minimum Gasteiger partial charge on any atom is -0.397 e. The van der Waals surface area contributed by atoms with E-state index in [2.05, 4.69) is 10.6 Å². The van der Waals surface area contributed by atoms with Gasteiger partial charge in [-0.05, 0) is 39.0 Å². The number of halogens is 1. The first-order valence-corrected chi connectivity index (χ1v) is 5.30. The van der Waals surface area contributed by atoms with Crippen LogP contribution in [-0.2, 0) is 0 Å². The Morgan fingerprint density at radius 2 is 2.00 bits per heavy atom. The van der Waals surface area contributed by atoms with Crippen LogP contribution < -0.4 is 16.4 Å². The highest BCUT2D eigenvalue weighted by Crippen LogP contribution is 2.22. The summed E-state index contributed by atoms with van der Waals surface area (Å²) >= 11 is 5.81. The molecule has 1 aromatic rings. The Labute approximate surface area is 100 Å². The van der Waals surface area contributed by atoms with Gasteiger partial charge >= 0.3 is 6.03 Å². The number of urea groups is 1. The molecule has 2 amide bonds. The van der Waals surface area contributed by atoms with Crippen molar-refractivity contribution in [2.24, 2.45) is 0 Å². The third kappa shape index (κ3) is 3.98. The molecule has 0 aliphatic carbocycles. The molecular formula is C11H16ClN3O. The van der Waals surface area contributed by atoms with Gasteiger partial charge in [-0.25, -0.2) is 4.79 Å². The third-order valence-electron chi connectivity index (χ3n) is 1.75. The third-order valence-corrected chi connectivity index (χ3v) is 1.99. The maximum atomic E-state index is 11.6. The minimum absolute atomic E-state index is 0.294. The van der Waals surface area contributed by atoms with Gasteiger partial charge in [0.2, 0.25) is 0 Å². The molecule has 4 N–H and O–H groups in total. The molecule has 5 heteroatoms. The minimum atomic E-state index is -0.304. The highest BCUT2D eigenvalue weighted by Gasteiger charge is 2.14. The number of hydrogen-bond acceptors (Lipinski definition) is 2. The molecule has 88 valence electrons. The lowest BCUT2D eigenvalue weighted by molar-refractivity contribution is 0.244. The molecule has 0 atom stereocenters. The zero-order chi connectivity index (χ0) is 12.3. The predicted molar refractivity (Wildman–Crippen MR) is 67.8 cm³/mol. The van der Waals surface area contributed by atoms with Gasteiger partial charge in [0.15, 0.2) is 0 Å². The lowest BCUT2D eigenvalue weighted by Crippen LogP contribution is -2.43. The molecule has 0 saturated carbocycles. The number of carbonyl (C=O) groups excluding carboxylic acids is 1. The second-order valence-electron chi connectivity index (χ2n) is 4.56. The Hall–Kier alpha value is -1.42. The Morgan fingerprint density at radius 1 is 1.38 bits per heavy atom. The first-order valence-electron chi connectivity index (χ1n) is 4.92. The first-order chi connectivity index (χ1) is 7.28. The van der Waals surface area contributed by atoms with Crippen LogP contribution in [0.4, 0.5) is 16.2 Å². The van der Waals surface area contributed by atoms with Crippen LogP contribution in [0.3, 0.4) is 0 Å². The molecule has 0 saturated heterocycles. The topological polar surface area (TPSA) is 67.2 Å². The molecule has 0 bridgehead atoms. The summed E-state index contributed by atoms with van der Waals surface area (Å²) in [5.41, 5.74) is 6.39. The zero-order valence-electron chi connectivity index (χ0n) is 9.60. The largest absolute Gasteiger partial charge is 0.397 e. The smallest absolute Gasteiger partial charge is 0.319 e. The molecule has 1 aromatic carbocycles. The standard InChI is InChI=1S/C11H16ClN3O/c1-11(2,3)15-10(16)14-9-6-7(12)4-5-8(9)13/h4-6H,13H2,1-3H3,(H2,14,15,16). The van der Waals surface area contributed by atoms with Gasteiger partial charge in [0, 0.05) is 10.6 Å². The highest BCUT2D eigenvalue weighted by atomic mass is 35.5. The number of amides is 2. The highest BCUT2D eigenvalue weighted by molar-refractivity contribution is 6.31. The quantitative estimate of drug-likeness (QED) is 0.662. The van der Waals surface area contributed by atoms with E-state index in [4.69, 9.17) is 17.3 Å². The van der Waals surface area contributed by atoms with Crippen molar-refractivity contribution in [1.82, 2.24) is 5.32 Å². The van der Waals surface area contributed by atoms with Crippen molar-refractivity contribution in [2.45, 2.75) is 26.3 Å². The van der Waals surface area contributed by atoms with E-state index in [0.717, 1.165) is 0 Å². The molecule has 4 nitrogen and oxygen atoms in total. The summed E-state index contributed by atoms with van der Waals surface area (Å²) in [5.74, 6) is 0. The second kappa shape index (κ2) is 4.61. The van der Waals surface area contributed by atoms with Crippen LogP contribution in [-0.4, -0.2) is 11.6 Å². The van der Waals surface area contributed by atoms with Crippen LogP contribution in [0.2, 0.25) is 5.02 Å². The Morgan fingerprint density at radius 3 is 2.56 bits per heavy atom. The van der Waals surface area contributed by atoms with E-state index in [-0.39, 0.29) is 11.6 Å². The number of carbonyl (C=O) groups is 1. The fourth-order valence-corrected chi connectivity index (χ4v) is 1.30.